The maximum Gasteiger partial charge on any atom is 0.222 e. The van der Waals surface area contributed by atoms with Crippen LogP contribution in [0.5, 0.6) is 0 Å². The number of alkyl halides is 1. The molecule has 2 nitrogen and oxygen atoms in total. The first-order valence-corrected chi connectivity index (χ1v) is 7.06. The zero-order valence-electron chi connectivity index (χ0n) is 11.5. The Labute approximate surface area is 114 Å². The number of amides is 1. The van der Waals surface area contributed by atoms with E-state index in [4.69, 9.17) is 0 Å². The van der Waals surface area contributed by atoms with Crippen LogP contribution in [0.2, 0.25) is 0 Å². The molecule has 0 spiro atoms. The van der Waals surface area contributed by atoms with Crippen molar-refractivity contribution < 1.29 is 9.18 Å². The van der Waals surface area contributed by atoms with E-state index in [1.807, 2.05) is 30.0 Å². The van der Waals surface area contributed by atoms with E-state index in [-0.39, 0.29) is 18.5 Å². The molecule has 1 fully saturated rings. The molecule has 1 heterocycles. The lowest BCUT2D eigenvalue weighted by Gasteiger charge is -2.17. The first-order valence-electron chi connectivity index (χ1n) is 7.06. The lowest BCUT2D eigenvalue weighted by atomic mass is 9.96. The van der Waals surface area contributed by atoms with Gasteiger partial charge in [-0.25, -0.2) is 0 Å². The van der Waals surface area contributed by atoms with Crippen LogP contribution in [0, 0.1) is 11.8 Å². The second-order valence-corrected chi connectivity index (χ2v) is 5.64. The van der Waals surface area contributed by atoms with Crippen molar-refractivity contribution in [1.82, 2.24) is 4.90 Å². The van der Waals surface area contributed by atoms with Crippen LogP contribution in [0.25, 0.3) is 0 Å². The molecular weight excluding hydrogens is 241 g/mol. The van der Waals surface area contributed by atoms with Crippen LogP contribution in [0.4, 0.5) is 4.39 Å². The minimum absolute atomic E-state index is 0.0758. The monoisotopic (exact) mass is 263 g/mol. The molecule has 0 aliphatic carbocycles. The third-order valence-corrected chi connectivity index (χ3v) is 3.81. The van der Waals surface area contributed by atoms with Crippen LogP contribution < -0.4 is 0 Å². The smallest absolute Gasteiger partial charge is 0.222 e. The second kappa shape index (κ2) is 6.69. The van der Waals surface area contributed by atoms with Crippen LogP contribution in [-0.4, -0.2) is 30.6 Å². The molecule has 1 aliphatic rings. The third kappa shape index (κ3) is 4.05. The molecule has 1 aliphatic heterocycles. The van der Waals surface area contributed by atoms with Gasteiger partial charge in [-0.2, -0.15) is 0 Å². The van der Waals surface area contributed by atoms with Gasteiger partial charge in [-0.3, -0.25) is 9.18 Å². The summed E-state index contributed by atoms with van der Waals surface area (Å²) in [6.45, 7) is 3.21. The molecule has 1 amide bonds. The molecule has 19 heavy (non-hydrogen) atoms. The van der Waals surface area contributed by atoms with E-state index in [1.165, 1.54) is 5.56 Å². The number of hydrogen-bond donors (Lipinski definition) is 0. The Kier molecular flexibility index (Phi) is 4.94. The molecule has 0 saturated carbocycles. The van der Waals surface area contributed by atoms with Gasteiger partial charge < -0.3 is 4.90 Å². The van der Waals surface area contributed by atoms with Crippen LogP contribution >= 0.6 is 0 Å². The highest BCUT2D eigenvalue weighted by atomic mass is 19.1. The molecule has 3 heteroatoms. The number of benzene rings is 1. The van der Waals surface area contributed by atoms with Crippen molar-refractivity contribution in [1.29, 1.82) is 0 Å². The van der Waals surface area contributed by atoms with Gasteiger partial charge in [0.05, 0.1) is 6.67 Å². The summed E-state index contributed by atoms with van der Waals surface area (Å²) in [5, 5.41) is 0. The zero-order valence-corrected chi connectivity index (χ0v) is 11.5. The summed E-state index contributed by atoms with van der Waals surface area (Å²) in [4.78, 5) is 13.8. The van der Waals surface area contributed by atoms with Crippen molar-refractivity contribution in [2.75, 3.05) is 19.8 Å². The first-order chi connectivity index (χ1) is 9.19. The van der Waals surface area contributed by atoms with Gasteiger partial charge in [-0.1, -0.05) is 37.3 Å². The molecule has 2 rings (SSSR count). The molecule has 0 unspecified atom stereocenters. The summed E-state index contributed by atoms with van der Waals surface area (Å²) in [7, 11) is 0. The van der Waals surface area contributed by atoms with Gasteiger partial charge in [0.1, 0.15) is 0 Å². The highest BCUT2D eigenvalue weighted by Crippen LogP contribution is 2.24. The maximum atomic E-state index is 12.5. The summed E-state index contributed by atoms with van der Waals surface area (Å²) in [6, 6.07) is 10.2. The Bertz CT molecular complexity index is 406. The normalized spacial score (nSPS) is 20.8. The van der Waals surface area contributed by atoms with E-state index in [2.05, 4.69) is 12.1 Å². The van der Waals surface area contributed by atoms with Gasteiger partial charge in [0.15, 0.2) is 0 Å². The van der Waals surface area contributed by atoms with Gasteiger partial charge in [0.2, 0.25) is 5.91 Å². The summed E-state index contributed by atoms with van der Waals surface area (Å²) in [5.41, 5.74) is 1.26. The minimum atomic E-state index is -0.283. The van der Waals surface area contributed by atoms with Crippen molar-refractivity contribution in [3.8, 4) is 0 Å². The van der Waals surface area contributed by atoms with Crippen molar-refractivity contribution in [3.63, 3.8) is 0 Å². The van der Waals surface area contributed by atoms with Crippen LogP contribution in [0.15, 0.2) is 30.3 Å². The Morgan fingerprint density at radius 3 is 2.79 bits per heavy atom. The summed E-state index contributed by atoms with van der Waals surface area (Å²) < 4.78 is 12.5. The van der Waals surface area contributed by atoms with Crippen LogP contribution in [0.3, 0.4) is 0 Å². The van der Waals surface area contributed by atoms with Gasteiger partial charge >= 0.3 is 0 Å². The highest BCUT2D eigenvalue weighted by molar-refractivity contribution is 5.78. The average Bonchev–Trinajstić information content (AvgIpc) is 2.77. The van der Waals surface area contributed by atoms with Gasteiger partial charge in [-0.05, 0) is 30.2 Å². The minimum Gasteiger partial charge on any atom is -0.342 e. The quantitative estimate of drug-likeness (QED) is 0.772. The molecule has 0 bridgehead atoms. The largest absolute Gasteiger partial charge is 0.342 e. The SMILES string of the molecule is C[C@H](CF)C[C@H]1CC(=O)N(CCc2ccccc2)C1. The summed E-state index contributed by atoms with van der Waals surface area (Å²) in [6.07, 6.45) is 2.32. The fourth-order valence-corrected chi connectivity index (χ4v) is 2.77. The van der Waals surface area contributed by atoms with E-state index in [0.717, 1.165) is 25.9 Å². The van der Waals surface area contributed by atoms with E-state index in [0.29, 0.717) is 12.3 Å². The van der Waals surface area contributed by atoms with E-state index in [1.54, 1.807) is 0 Å². The third-order valence-electron chi connectivity index (χ3n) is 3.81. The highest BCUT2D eigenvalue weighted by Gasteiger charge is 2.29. The number of nitrogens with zero attached hydrogens (tertiary/aromatic N) is 1. The fraction of sp³-hybridized carbons (Fsp3) is 0.562. The lowest BCUT2D eigenvalue weighted by molar-refractivity contribution is -0.127. The molecule has 1 aromatic carbocycles. The lowest BCUT2D eigenvalue weighted by Crippen LogP contribution is -2.27. The maximum absolute atomic E-state index is 12.5. The van der Waals surface area contributed by atoms with Crippen LogP contribution in [-0.2, 0) is 11.2 Å². The van der Waals surface area contributed by atoms with Crippen molar-refractivity contribution in [2.24, 2.45) is 11.8 Å². The van der Waals surface area contributed by atoms with Crippen molar-refractivity contribution in [3.05, 3.63) is 35.9 Å². The molecule has 104 valence electrons. The number of likely N-dealkylation sites (tertiary alicyclic amines) is 1. The molecular formula is C16H22FNO. The molecule has 0 radical (unpaired) electrons. The molecule has 0 N–H and O–H groups in total. The molecule has 0 aromatic heterocycles. The molecule has 2 atom stereocenters. The Morgan fingerprint density at radius 2 is 2.11 bits per heavy atom. The zero-order chi connectivity index (χ0) is 13.7. The van der Waals surface area contributed by atoms with Gasteiger partial charge in [0.25, 0.3) is 0 Å². The number of halogens is 1. The van der Waals surface area contributed by atoms with Crippen molar-refractivity contribution in [2.45, 2.75) is 26.2 Å². The van der Waals surface area contributed by atoms with E-state index in [9.17, 15) is 9.18 Å². The Balaban J connectivity index is 1.80. The Hall–Kier alpha value is -1.38. The number of rotatable bonds is 6. The molecule has 1 saturated heterocycles. The predicted octanol–water partition coefficient (Wildman–Crippen LogP) is 3.07. The van der Waals surface area contributed by atoms with Crippen molar-refractivity contribution >= 4 is 5.91 Å². The summed E-state index contributed by atoms with van der Waals surface area (Å²) >= 11 is 0. The number of carbonyl (C=O) groups excluding carboxylic acids is 1. The van der Waals surface area contributed by atoms with E-state index < -0.39 is 0 Å². The first kappa shape index (κ1) is 14.0. The van der Waals surface area contributed by atoms with E-state index >= 15 is 0 Å². The van der Waals surface area contributed by atoms with Gasteiger partial charge in [0, 0.05) is 19.5 Å². The second-order valence-electron chi connectivity index (χ2n) is 5.64. The molecule has 1 aromatic rings. The topological polar surface area (TPSA) is 20.3 Å². The number of hydrogen-bond acceptors (Lipinski definition) is 1. The number of carbonyl (C=O) groups is 1. The Morgan fingerprint density at radius 1 is 1.37 bits per heavy atom. The van der Waals surface area contributed by atoms with Gasteiger partial charge in [-0.15, -0.1) is 0 Å². The van der Waals surface area contributed by atoms with Crippen LogP contribution in [0.1, 0.15) is 25.3 Å². The predicted molar refractivity (Wildman–Crippen MR) is 74.6 cm³/mol. The fourth-order valence-electron chi connectivity index (χ4n) is 2.77. The summed E-state index contributed by atoms with van der Waals surface area (Å²) in [5.74, 6) is 0.646. The standard InChI is InChI=1S/C16H22FNO/c1-13(11-17)9-15-10-16(19)18(12-15)8-7-14-5-3-2-4-6-14/h2-6,13,15H,7-12H2,1H3/t13-,15-/m0/s1. The average molecular weight is 263 g/mol.